The van der Waals surface area contributed by atoms with E-state index in [0.717, 1.165) is 22.4 Å². The Morgan fingerprint density at radius 3 is 2.64 bits per heavy atom. The van der Waals surface area contributed by atoms with E-state index in [1.165, 1.54) is 0 Å². The highest BCUT2D eigenvalue weighted by atomic mass is 16.5. The molecular weight excluding hydrogens is 276 g/mol. The first-order chi connectivity index (χ1) is 10.4. The highest BCUT2D eigenvalue weighted by Crippen LogP contribution is 2.23. The minimum Gasteiger partial charge on any atom is -0.481 e. The van der Waals surface area contributed by atoms with E-state index in [2.05, 4.69) is 5.32 Å². The molecule has 4 nitrogen and oxygen atoms in total. The standard InChI is InChI=1S/C18H22N2O2/c1-11-8-9-12(2)17(10-11)22-14(4)18(21)20-16-7-5-6-15(19)13(16)3/h5-10,14H,19H2,1-4H3,(H,20,21)/t14-/m0/s1. The second-order valence-corrected chi connectivity index (χ2v) is 5.54. The van der Waals surface area contributed by atoms with Crippen LogP contribution < -0.4 is 15.8 Å². The van der Waals surface area contributed by atoms with Crippen molar-refractivity contribution in [3.05, 3.63) is 53.1 Å². The topological polar surface area (TPSA) is 64.3 Å². The first kappa shape index (κ1) is 15.9. The van der Waals surface area contributed by atoms with E-state index in [1.54, 1.807) is 13.0 Å². The van der Waals surface area contributed by atoms with Gasteiger partial charge in [0.1, 0.15) is 5.75 Å². The quantitative estimate of drug-likeness (QED) is 0.848. The molecule has 0 spiro atoms. The molecule has 0 unspecified atom stereocenters. The van der Waals surface area contributed by atoms with Crippen LogP contribution in [-0.2, 0) is 4.79 Å². The van der Waals surface area contributed by atoms with Gasteiger partial charge in [0.15, 0.2) is 6.10 Å². The van der Waals surface area contributed by atoms with Crippen molar-refractivity contribution in [3.63, 3.8) is 0 Å². The fourth-order valence-corrected chi connectivity index (χ4v) is 2.10. The molecule has 0 aromatic heterocycles. The average molecular weight is 298 g/mol. The minimum atomic E-state index is -0.596. The zero-order chi connectivity index (χ0) is 16.3. The molecule has 1 atom stereocenters. The Hall–Kier alpha value is -2.49. The third-order valence-electron chi connectivity index (χ3n) is 3.65. The summed E-state index contributed by atoms with van der Waals surface area (Å²) in [5, 5.41) is 2.86. The highest BCUT2D eigenvalue weighted by molar-refractivity contribution is 5.95. The number of amides is 1. The van der Waals surface area contributed by atoms with Gasteiger partial charge in [0.05, 0.1) is 0 Å². The molecule has 0 heterocycles. The number of ether oxygens (including phenoxy) is 1. The number of aryl methyl sites for hydroxylation is 2. The zero-order valence-electron chi connectivity index (χ0n) is 13.4. The summed E-state index contributed by atoms with van der Waals surface area (Å²) in [4.78, 5) is 12.3. The van der Waals surface area contributed by atoms with Gasteiger partial charge in [-0.2, -0.15) is 0 Å². The van der Waals surface area contributed by atoms with Crippen LogP contribution in [0.1, 0.15) is 23.6 Å². The van der Waals surface area contributed by atoms with E-state index in [9.17, 15) is 4.79 Å². The van der Waals surface area contributed by atoms with Crippen molar-refractivity contribution < 1.29 is 9.53 Å². The molecule has 0 saturated carbocycles. The molecule has 1 amide bonds. The van der Waals surface area contributed by atoms with Crippen molar-refractivity contribution in [1.82, 2.24) is 0 Å². The van der Waals surface area contributed by atoms with Crippen molar-refractivity contribution in [2.24, 2.45) is 0 Å². The van der Waals surface area contributed by atoms with Gasteiger partial charge < -0.3 is 15.8 Å². The summed E-state index contributed by atoms with van der Waals surface area (Å²) in [5.74, 6) is 0.529. The molecule has 0 fully saturated rings. The lowest BCUT2D eigenvalue weighted by Crippen LogP contribution is -2.30. The number of nitrogens with two attached hydrogens (primary N) is 1. The number of nitrogens with one attached hydrogen (secondary N) is 1. The number of hydrogen-bond donors (Lipinski definition) is 2. The Morgan fingerprint density at radius 1 is 1.18 bits per heavy atom. The van der Waals surface area contributed by atoms with Crippen LogP contribution in [0.2, 0.25) is 0 Å². The summed E-state index contributed by atoms with van der Waals surface area (Å²) in [6.07, 6.45) is -0.596. The lowest BCUT2D eigenvalue weighted by atomic mass is 10.1. The van der Waals surface area contributed by atoms with Crippen LogP contribution >= 0.6 is 0 Å². The second-order valence-electron chi connectivity index (χ2n) is 5.54. The Morgan fingerprint density at radius 2 is 1.91 bits per heavy atom. The van der Waals surface area contributed by atoms with E-state index in [1.807, 2.05) is 51.1 Å². The largest absolute Gasteiger partial charge is 0.481 e. The average Bonchev–Trinajstić information content (AvgIpc) is 2.47. The fourth-order valence-electron chi connectivity index (χ4n) is 2.10. The molecule has 2 aromatic carbocycles. The molecule has 22 heavy (non-hydrogen) atoms. The Labute approximate surface area is 131 Å². The highest BCUT2D eigenvalue weighted by Gasteiger charge is 2.17. The van der Waals surface area contributed by atoms with Gasteiger partial charge >= 0.3 is 0 Å². The van der Waals surface area contributed by atoms with Gasteiger partial charge in [0.2, 0.25) is 0 Å². The molecule has 2 aromatic rings. The third kappa shape index (κ3) is 3.58. The molecule has 0 bridgehead atoms. The van der Waals surface area contributed by atoms with Gasteiger partial charge in [-0.25, -0.2) is 0 Å². The predicted molar refractivity (Wildman–Crippen MR) is 90.2 cm³/mol. The van der Waals surface area contributed by atoms with Crippen LogP contribution in [0.4, 0.5) is 11.4 Å². The molecule has 116 valence electrons. The maximum absolute atomic E-state index is 12.3. The molecule has 3 N–H and O–H groups in total. The van der Waals surface area contributed by atoms with Gasteiger partial charge in [-0.15, -0.1) is 0 Å². The molecule has 2 rings (SSSR count). The molecule has 0 aliphatic rings. The van der Waals surface area contributed by atoms with Gasteiger partial charge in [-0.1, -0.05) is 18.2 Å². The molecule has 0 radical (unpaired) electrons. The number of hydrogen-bond acceptors (Lipinski definition) is 3. The van der Waals surface area contributed by atoms with Crippen LogP contribution in [-0.4, -0.2) is 12.0 Å². The Kier molecular flexibility index (Phi) is 4.71. The molecular formula is C18H22N2O2. The summed E-state index contributed by atoms with van der Waals surface area (Å²) in [6.45, 7) is 7.56. The maximum atomic E-state index is 12.3. The number of rotatable bonds is 4. The molecule has 0 aliphatic carbocycles. The lowest BCUT2D eigenvalue weighted by Gasteiger charge is -2.18. The third-order valence-corrected chi connectivity index (χ3v) is 3.65. The molecule has 0 saturated heterocycles. The van der Waals surface area contributed by atoms with Crippen LogP contribution in [0.15, 0.2) is 36.4 Å². The number of carbonyl (C=O) groups excluding carboxylic acids is 1. The van der Waals surface area contributed by atoms with Gasteiger partial charge in [0.25, 0.3) is 5.91 Å². The predicted octanol–water partition coefficient (Wildman–Crippen LogP) is 3.60. The molecule has 0 aliphatic heterocycles. The lowest BCUT2D eigenvalue weighted by molar-refractivity contribution is -0.122. The van der Waals surface area contributed by atoms with Crippen molar-refractivity contribution in [2.75, 3.05) is 11.1 Å². The first-order valence-corrected chi connectivity index (χ1v) is 7.28. The van der Waals surface area contributed by atoms with Crippen molar-refractivity contribution in [1.29, 1.82) is 0 Å². The summed E-state index contributed by atoms with van der Waals surface area (Å²) in [6, 6.07) is 11.4. The number of benzene rings is 2. The monoisotopic (exact) mass is 298 g/mol. The van der Waals surface area contributed by atoms with E-state index in [-0.39, 0.29) is 5.91 Å². The van der Waals surface area contributed by atoms with Crippen molar-refractivity contribution in [2.45, 2.75) is 33.8 Å². The first-order valence-electron chi connectivity index (χ1n) is 7.28. The summed E-state index contributed by atoms with van der Waals surface area (Å²) in [7, 11) is 0. The number of carbonyl (C=O) groups is 1. The Bertz CT molecular complexity index is 695. The second kappa shape index (κ2) is 6.52. The van der Waals surface area contributed by atoms with Crippen molar-refractivity contribution >= 4 is 17.3 Å². The van der Waals surface area contributed by atoms with E-state index in [0.29, 0.717) is 11.4 Å². The summed E-state index contributed by atoms with van der Waals surface area (Å²) >= 11 is 0. The van der Waals surface area contributed by atoms with Gasteiger partial charge in [-0.05, 0) is 62.6 Å². The Balaban J connectivity index is 2.09. The molecule has 4 heteroatoms. The maximum Gasteiger partial charge on any atom is 0.265 e. The minimum absolute atomic E-state index is 0.199. The summed E-state index contributed by atoms with van der Waals surface area (Å²) in [5.41, 5.74) is 10.2. The van der Waals surface area contributed by atoms with Crippen LogP contribution in [0.3, 0.4) is 0 Å². The van der Waals surface area contributed by atoms with E-state index >= 15 is 0 Å². The summed E-state index contributed by atoms with van der Waals surface area (Å²) < 4.78 is 5.79. The van der Waals surface area contributed by atoms with Crippen LogP contribution in [0.25, 0.3) is 0 Å². The SMILES string of the molecule is Cc1ccc(C)c(O[C@@H](C)C(=O)Nc2cccc(N)c2C)c1. The number of anilines is 2. The fraction of sp³-hybridized carbons (Fsp3) is 0.278. The van der Waals surface area contributed by atoms with Crippen molar-refractivity contribution in [3.8, 4) is 5.75 Å². The van der Waals surface area contributed by atoms with Gasteiger partial charge in [0, 0.05) is 11.4 Å². The van der Waals surface area contributed by atoms with Gasteiger partial charge in [-0.3, -0.25) is 4.79 Å². The number of nitrogen functional groups attached to an aromatic ring is 1. The zero-order valence-corrected chi connectivity index (χ0v) is 13.4. The van der Waals surface area contributed by atoms with Crippen LogP contribution in [0, 0.1) is 20.8 Å². The van der Waals surface area contributed by atoms with Crippen LogP contribution in [0.5, 0.6) is 5.75 Å². The smallest absolute Gasteiger partial charge is 0.265 e. The van der Waals surface area contributed by atoms with E-state index in [4.69, 9.17) is 10.5 Å². The normalized spacial score (nSPS) is 11.8. The van der Waals surface area contributed by atoms with E-state index < -0.39 is 6.10 Å².